The Morgan fingerprint density at radius 3 is 2.38 bits per heavy atom. The highest BCUT2D eigenvalue weighted by Crippen LogP contribution is 2.27. The maximum absolute atomic E-state index is 14.1. The fourth-order valence-electron chi connectivity index (χ4n) is 3.61. The van der Waals surface area contributed by atoms with Gasteiger partial charge in [-0.3, -0.25) is 4.79 Å². The number of pyridine rings is 1. The zero-order chi connectivity index (χ0) is 22.8. The summed E-state index contributed by atoms with van der Waals surface area (Å²) in [5.41, 5.74) is 3.02. The Morgan fingerprint density at radius 2 is 1.66 bits per heavy atom. The van der Waals surface area contributed by atoms with Crippen LogP contribution in [-0.2, 0) is 6.42 Å². The third-order valence-corrected chi connectivity index (χ3v) is 5.14. The second-order valence-corrected chi connectivity index (χ2v) is 8.04. The van der Waals surface area contributed by atoms with Crippen LogP contribution in [0.4, 0.5) is 18.9 Å². The summed E-state index contributed by atoms with van der Waals surface area (Å²) in [6.45, 7) is 4.30. The zero-order valence-corrected chi connectivity index (χ0v) is 17.6. The number of nitrogens with one attached hydrogen (secondary N) is 1. The van der Waals surface area contributed by atoms with E-state index in [9.17, 15) is 18.0 Å². The number of fused-ring (bicyclic) bond motifs is 1. The van der Waals surface area contributed by atoms with Gasteiger partial charge in [0.1, 0.15) is 0 Å². The molecule has 32 heavy (non-hydrogen) atoms. The van der Waals surface area contributed by atoms with Crippen molar-refractivity contribution >= 4 is 22.5 Å². The molecular formula is C26H21F3N2O. The summed E-state index contributed by atoms with van der Waals surface area (Å²) in [7, 11) is 0. The van der Waals surface area contributed by atoms with E-state index in [1.807, 2.05) is 30.3 Å². The smallest absolute Gasteiger partial charge is 0.256 e. The van der Waals surface area contributed by atoms with E-state index >= 15 is 0 Å². The fourth-order valence-corrected chi connectivity index (χ4v) is 3.61. The van der Waals surface area contributed by atoms with Gasteiger partial charge in [0.15, 0.2) is 17.5 Å². The number of carbonyl (C=O) groups is 1. The first-order chi connectivity index (χ1) is 15.3. The van der Waals surface area contributed by atoms with Gasteiger partial charge < -0.3 is 5.32 Å². The number of aromatic nitrogens is 1. The molecule has 1 aromatic heterocycles. The third kappa shape index (κ3) is 4.35. The van der Waals surface area contributed by atoms with E-state index in [1.165, 1.54) is 5.56 Å². The molecule has 4 aromatic rings. The molecular weight excluding hydrogens is 413 g/mol. The number of nitrogens with zero attached hydrogens (tertiary/aromatic N) is 1. The van der Waals surface area contributed by atoms with Crippen LogP contribution in [0.1, 0.15) is 29.8 Å². The minimum atomic E-state index is -1.63. The molecule has 3 nitrogen and oxygen atoms in total. The molecule has 1 amide bonds. The van der Waals surface area contributed by atoms with Crippen molar-refractivity contribution in [3.8, 4) is 11.3 Å². The Labute approximate surface area is 183 Å². The van der Waals surface area contributed by atoms with Crippen LogP contribution in [0.15, 0.2) is 66.7 Å². The monoisotopic (exact) mass is 434 g/mol. The number of halogens is 3. The molecule has 0 aliphatic heterocycles. The molecule has 3 aromatic carbocycles. The largest absolute Gasteiger partial charge is 0.319 e. The average molecular weight is 434 g/mol. The van der Waals surface area contributed by atoms with Gasteiger partial charge in [-0.15, -0.1) is 0 Å². The molecule has 0 radical (unpaired) electrons. The topological polar surface area (TPSA) is 42.0 Å². The van der Waals surface area contributed by atoms with E-state index in [2.05, 4.69) is 24.1 Å². The van der Waals surface area contributed by atoms with Crippen LogP contribution in [-0.4, -0.2) is 10.9 Å². The molecule has 0 bridgehead atoms. The lowest BCUT2D eigenvalue weighted by molar-refractivity contribution is 0.102. The summed E-state index contributed by atoms with van der Waals surface area (Å²) < 4.78 is 40.9. The number of carbonyl (C=O) groups excluding carboxylic acids is 1. The van der Waals surface area contributed by atoms with Crippen molar-refractivity contribution < 1.29 is 18.0 Å². The number of para-hydroxylation sites is 1. The Morgan fingerprint density at radius 1 is 0.938 bits per heavy atom. The van der Waals surface area contributed by atoms with Gasteiger partial charge in [-0.2, -0.15) is 0 Å². The quantitative estimate of drug-likeness (QED) is 0.352. The van der Waals surface area contributed by atoms with Gasteiger partial charge in [0.25, 0.3) is 5.91 Å². The molecule has 0 aliphatic carbocycles. The van der Waals surface area contributed by atoms with Crippen molar-refractivity contribution in [1.82, 2.24) is 4.98 Å². The predicted molar refractivity (Wildman–Crippen MR) is 120 cm³/mol. The second kappa shape index (κ2) is 8.83. The van der Waals surface area contributed by atoms with Crippen molar-refractivity contribution in [2.45, 2.75) is 20.3 Å². The van der Waals surface area contributed by atoms with Crippen molar-refractivity contribution in [3.63, 3.8) is 0 Å². The highest BCUT2D eigenvalue weighted by atomic mass is 19.2. The number of amides is 1. The highest BCUT2D eigenvalue weighted by molar-refractivity contribution is 6.13. The second-order valence-electron chi connectivity index (χ2n) is 8.04. The number of rotatable bonds is 5. The minimum Gasteiger partial charge on any atom is -0.319 e. The highest BCUT2D eigenvalue weighted by Gasteiger charge is 2.18. The number of hydrogen-bond acceptors (Lipinski definition) is 2. The average Bonchev–Trinajstić information content (AvgIpc) is 2.78. The normalized spacial score (nSPS) is 11.2. The van der Waals surface area contributed by atoms with Gasteiger partial charge in [0.05, 0.1) is 22.5 Å². The SMILES string of the molecule is CC(C)Cc1ccc(-c2cc(C(=O)Nc3ccc(F)c(F)c3F)c3ccccc3n2)cc1. The molecule has 0 saturated carbocycles. The van der Waals surface area contributed by atoms with Gasteiger partial charge in [0, 0.05) is 10.9 Å². The third-order valence-electron chi connectivity index (χ3n) is 5.14. The van der Waals surface area contributed by atoms with E-state index in [4.69, 9.17) is 0 Å². The number of hydrogen-bond donors (Lipinski definition) is 1. The summed E-state index contributed by atoms with van der Waals surface area (Å²) in [6.07, 6.45) is 0.957. The van der Waals surface area contributed by atoms with E-state index in [1.54, 1.807) is 24.3 Å². The molecule has 1 heterocycles. The Balaban J connectivity index is 1.74. The van der Waals surface area contributed by atoms with Gasteiger partial charge in [0.2, 0.25) is 0 Å². The van der Waals surface area contributed by atoms with Crippen LogP contribution >= 0.6 is 0 Å². The summed E-state index contributed by atoms with van der Waals surface area (Å²) in [5.74, 6) is -4.52. The Hall–Kier alpha value is -3.67. The maximum atomic E-state index is 14.1. The van der Waals surface area contributed by atoms with Crippen molar-refractivity contribution in [3.05, 3.63) is 95.3 Å². The lowest BCUT2D eigenvalue weighted by Gasteiger charge is -2.12. The van der Waals surface area contributed by atoms with E-state index in [0.29, 0.717) is 22.5 Å². The molecule has 0 fully saturated rings. The zero-order valence-electron chi connectivity index (χ0n) is 17.6. The first kappa shape index (κ1) is 21.6. The molecule has 0 aliphatic rings. The summed E-state index contributed by atoms with van der Waals surface area (Å²) in [5, 5.41) is 2.91. The number of benzene rings is 3. The van der Waals surface area contributed by atoms with Crippen molar-refractivity contribution in [2.75, 3.05) is 5.32 Å². The lowest BCUT2D eigenvalue weighted by atomic mass is 9.99. The first-order valence-electron chi connectivity index (χ1n) is 10.3. The van der Waals surface area contributed by atoms with Crippen molar-refractivity contribution in [2.24, 2.45) is 5.92 Å². The summed E-state index contributed by atoms with van der Waals surface area (Å²) in [6, 6.07) is 18.4. The van der Waals surface area contributed by atoms with E-state index in [0.717, 1.165) is 24.1 Å². The van der Waals surface area contributed by atoms with Crippen LogP contribution in [0.2, 0.25) is 0 Å². The van der Waals surface area contributed by atoms with Crippen LogP contribution < -0.4 is 5.32 Å². The molecule has 0 spiro atoms. The predicted octanol–water partition coefficient (Wildman–Crippen LogP) is 6.77. The minimum absolute atomic E-state index is 0.251. The molecule has 0 unspecified atom stereocenters. The molecule has 162 valence electrons. The van der Waals surface area contributed by atoms with Crippen LogP contribution in [0, 0.1) is 23.4 Å². The molecule has 1 N–H and O–H groups in total. The molecule has 0 saturated heterocycles. The first-order valence-corrected chi connectivity index (χ1v) is 10.3. The molecule has 6 heteroatoms. The Bertz CT molecular complexity index is 1300. The Kier molecular flexibility index (Phi) is 5.95. The van der Waals surface area contributed by atoms with Gasteiger partial charge in [-0.25, -0.2) is 18.2 Å². The van der Waals surface area contributed by atoms with Crippen LogP contribution in [0.25, 0.3) is 22.2 Å². The molecule has 0 atom stereocenters. The summed E-state index contributed by atoms with van der Waals surface area (Å²) in [4.78, 5) is 17.7. The standard InChI is InChI=1S/C26H21F3N2O/c1-15(2)13-16-7-9-17(10-8-16)23-14-19(18-5-3-4-6-21(18)30-23)26(32)31-22-12-11-20(27)24(28)25(22)29/h3-12,14-15H,13H2,1-2H3,(H,31,32). The van der Waals surface area contributed by atoms with E-state index < -0.39 is 29.0 Å². The van der Waals surface area contributed by atoms with Gasteiger partial charge in [-0.05, 0) is 42.2 Å². The molecule has 4 rings (SSSR count). The van der Waals surface area contributed by atoms with E-state index in [-0.39, 0.29) is 5.56 Å². The van der Waals surface area contributed by atoms with Crippen LogP contribution in [0.5, 0.6) is 0 Å². The lowest BCUT2D eigenvalue weighted by Crippen LogP contribution is -2.15. The van der Waals surface area contributed by atoms with Crippen molar-refractivity contribution in [1.29, 1.82) is 0 Å². The summed E-state index contributed by atoms with van der Waals surface area (Å²) >= 11 is 0. The van der Waals surface area contributed by atoms with Gasteiger partial charge in [-0.1, -0.05) is 56.3 Å². The van der Waals surface area contributed by atoms with Crippen LogP contribution in [0.3, 0.4) is 0 Å². The fraction of sp³-hybridized carbons (Fsp3) is 0.154. The van der Waals surface area contributed by atoms with Gasteiger partial charge >= 0.3 is 0 Å². The maximum Gasteiger partial charge on any atom is 0.256 e. The number of anilines is 1.